The highest BCUT2D eigenvalue weighted by atomic mass is 19.1. The Balaban J connectivity index is 1.75. The third-order valence-corrected chi connectivity index (χ3v) is 5.57. The summed E-state index contributed by atoms with van der Waals surface area (Å²) in [5.74, 6) is 0.688. The van der Waals surface area contributed by atoms with E-state index in [9.17, 15) is 0 Å². The SMILES string of the molecule is CC1(C)OB(C(F)=C2CCOc3ccc(-c4ccc[nH]4)cc32)OC1(C)C. The third kappa shape index (κ3) is 2.77. The summed E-state index contributed by atoms with van der Waals surface area (Å²) >= 11 is 0. The fraction of sp³-hybridized carbons (Fsp3) is 0.400. The Morgan fingerprint density at radius 2 is 1.85 bits per heavy atom. The molecule has 1 aromatic carbocycles. The molecule has 0 unspecified atom stereocenters. The molecule has 6 heteroatoms. The van der Waals surface area contributed by atoms with E-state index in [0.717, 1.165) is 16.8 Å². The minimum Gasteiger partial charge on any atom is -0.493 e. The van der Waals surface area contributed by atoms with Gasteiger partial charge in [-0.05, 0) is 69.2 Å². The summed E-state index contributed by atoms with van der Waals surface area (Å²) in [5.41, 5.74) is 1.81. The maximum atomic E-state index is 15.4. The summed E-state index contributed by atoms with van der Waals surface area (Å²) in [7, 11) is -0.991. The average Bonchev–Trinajstić information content (AvgIpc) is 3.20. The summed E-state index contributed by atoms with van der Waals surface area (Å²) in [6, 6.07) is 9.75. The number of H-pyrrole nitrogens is 1. The molecule has 1 saturated heterocycles. The van der Waals surface area contributed by atoms with Crippen molar-refractivity contribution in [1.29, 1.82) is 0 Å². The maximum absolute atomic E-state index is 15.4. The van der Waals surface area contributed by atoms with Crippen molar-refractivity contribution in [2.24, 2.45) is 0 Å². The smallest absolute Gasteiger partial charge is 0.493 e. The van der Waals surface area contributed by atoms with Crippen LogP contribution in [0.4, 0.5) is 4.39 Å². The number of halogens is 1. The van der Waals surface area contributed by atoms with Crippen LogP contribution >= 0.6 is 0 Å². The minimum atomic E-state index is -0.991. The number of fused-ring (bicyclic) bond motifs is 1. The van der Waals surface area contributed by atoms with Crippen molar-refractivity contribution in [2.45, 2.75) is 45.3 Å². The highest BCUT2D eigenvalue weighted by molar-refractivity contribution is 6.55. The normalized spacial score (nSPS) is 22.7. The van der Waals surface area contributed by atoms with Gasteiger partial charge in [0.05, 0.1) is 17.8 Å². The highest BCUT2D eigenvalue weighted by Gasteiger charge is 2.53. The zero-order chi connectivity index (χ0) is 18.5. The zero-order valence-corrected chi connectivity index (χ0v) is 15.6. The van der Waals surface area contributed by atoms with Crippen LogP contribution in [0.2, 0.25) is 0 Å². The van der Waals surface area contributed by atoms with Gasteiger partial charge in [0.15, 0.2) is 0 Å². The van der Waals surface area contributed by atoms with Gasteiger partial charge in [-0.2, -0.15) is 0 Å². The van der Waals surface area contributed by atoms with E-state index < -0.39 is 18.3 Å². The second-order valence-electron chi connectivity index (χ2n) is 7.81. The first-order chi connectivity index (χ1) is 12.3. The molecule has 0 radical (unpaired) electrons. The van der Waals surface area contributed by atoms with Gasteiger partial charge < -0.3 is 19.0 Å². The van der Waals surface area contributed by atoms with E-state index in [2.05, 4.69) is 4.98 Å². The van der Waals surface area contributed by atoms with Gasteiger partial charge in [0, 0.05) is 23.9 Å². The summed E-state index contributed by atoms with van der Waals surface area (Å²) in [6.07, 6.45) is 2.35. The number of hydrogen-bond acceptors (Lipinski definition) is 3. The fourth-order valence-electron chi connectivity index (χ4n) is 3.30. The van der Waals surface area contributed by atoms with Crippen LogP contribution < -0.4 is 4.74 Å². The van der Waals surface area contributed by atoms with E-state index in [1.54, 1.807) is 0 Å². The molecule has 0 spiro atoms. The lowest BCUT2D eigenvalue weighted by molar-refractivity contribution is 0.00578. The first-order valence-electron chi connectivity index (χ1n) is 8.94. The van der Waals surface area contributed by atoms with Crippen LogP contribution in [0, 0.1) is 0 Å². The van der Waals surface area contributed by atoms with Crippen LogP contribution in [0.3, 0.4) is 0 Å². The molecule has 1 N–H and O–H groups in total. The van der Waals surface area contributed by atoms with E-state index in [1.807, 2.05) is 64.2 Å². The molecule has 1 fully saturated rings. The lowest BCUT2D eigenvalue weighted by Crippen LogP contribution is -2.41. The molecule has 136 valence electrons. The van der Waals surface area contributed by atoms with Gasteiger partial charge in [-0.1, -0.05) is 0 Å². The van der Waals surface area contributed by atoms with Crippen LogP contribution in [0.5, 0.6) is 5.75 Å². The van der Waals surface area contributed by atoms with Crippen LogP contribution in [-0.2, 0) is 9.31 Å². The van der Waals surface area contributed by atoms with Gasteiger partial charge in [0.25, 0.3) is 0 Å². The first kappa shape index (κ1) is 17.4. The number of ether oxygens (including phenoxy) is 1. The molecule has 4 rings (SSSR count). The van der Waals surface area contributed by atoms with Crippen molar-refractivity contribution in [3.8, 4) is 17.0 Å². The average molecular weight is 355 g/mol. The van der Waals surface area contributed by atoms with Crippen LogP contribution in [-0.4, -0.2) is 29.9 Å². The second kappa shape index (κ2) is 6.00. The van der Waals surface area contributed by atoms with Gasteiger partial charge in [0.1, 0.15) is 11.5 Å². The molecule has 2 aliphatic rings. The Labute approximate surface area is 153 Å². The molecule has 2 aliphatic heterocycles. The minimum absolute atomic E-state index is 0.364. The maximum Gasteiger partial charge on any atom is 0.525 e. The Bertz CT molecular complexity index is 842. The fourth-order valence-corrected chi connectivity index (χ4v) is 3.30. The number of aromatic amines is 1. The molecular formula is C20H23BFNO3. The van der Waals surface area contributed by atoms with E-state index in [4.69, 9.17) is 14.0 Å². The standard InChI is InChI=1S/C20H23BFNO3/c1-19(2)20(3,4)26-21(25-19)18(22)14-9-11-24-17-8-7-13(12-15(14)17)16-6-5-10-23-16/h5-8,10,12,23H,9,11H2,1-4H3. The summed E-state index contributed by atoms with van der Waals surface area (Å²) in [4.78, 5) is 3.18. The van der Waals surface area contributed by atoms with Crippen LogP contribution in [0.25, 0.3) is 16.8 Å². The topological polar surface area (TPSA) is 43.5 Å². The number of rotatable bonds is 2. The lowest BCUT2D eigenvalue weighted by atomic mass is 9.81. The molecule has 1 aromatic heterocycles. The molecule has 4 nitrogen and oxygen atoms in total. The van der Waals surface area contributed by atoms with E-state index >= 15 is 4.39 Å². The third-order valence-electron chi connectivity index (χ3n) is 5.57. The van der Waals surface area contributed by atoms with Crippen molar-refractivity contribution in [1.82, 2.24) is 4.98 Å². The van der Waals surface area contributed by atoms with Crippen molar-refractivity contribution < 1.29 is 18.4 Å². The van der Waals surface area contributed by atoms with Crippen LogP contribution in [0.1, 0.15) is 39.7 Å². The Morgan fingerprint density at radius 3 is 2.50 bits per heavy atom. The number of hydrogen-bond donors (Lipinski definition) is 1. The summed E-state index contributed by atoms with van der Waals surface area (Å²) in [5, 5.41) is 0. The molecule has 26 heavy (non-hydrogen) atoms. The van der Waals surface area contributed by atoms with Crippen molar-refractivity contribution in [3.63, 3.8) is 0 Å². The monoisotopic (exact) mass is 355 g/mol. The number of benzene rings is 1. The molecule has 0 aliphatic carbocycles. The van der Waals surface area contributed by atoms with Crippen molar-refractivity contribution in [3.05, 3.63) is 47.8 Å². The van der Waals surface area contributed by atoms with Gasteiger partial charge in [-0.15, -0.1) is 0 Å². The Morgan fingerprint density at radius 1 is 1.12 bits per heavy atom. The quantitative estimate of drug-likeness (QED) is 0.789. The molecule has 2 aromatic rings. The van der Waals surface area contributed by atoms with E-state index in [-0.39, 0.29) is 5.73 Å². The van der Waals surface area contributed by atoms with Crippen molar-refractivity contribution >= 4 is 12.7 Å². The van der Waals surface area contributed by atoms with Gasteiger partial charge in [-0.3, -0.25) is 0 Å². The lowest BCUT2D eigenvalue weighted by Gasteiger charge is -2.32. The van der Waals surface area contributed by atoms with Gasteiger partial charge in [-0.25, -0.2) is 4.39 Å². The Hall–Kier alpha value is -2.05. The Kier molecular flexibility index (Phi) is 4.01. The molecule has 0 bridgehead atoms. The molecule has 3 heterocycles. The number of aromatic nitrogens is 1. The zero-order valence-electron chi connectivity index (χ0n) is 15.6. The van der Waals surface area contributed by atoms with Gasteiger partial charge in [0.2, 0.25) is 0 Å². The van der Waals surface area contributed by atoms with E-state index in [1.165, 1.54) is 0 Å². The van der Waals surface area contributed by atoms with E-state index in [0.29, 0.717) is 24.4 Å². The van der Waals surface area contributed by atoms with Crippen molar-refractivity contribution in [2.75, 3.05) is 6.61 Å². The largest absolute Gasteiger partial charge is 0.525 e. The predicted molar refractivity (Wildman–Crippen MR) is 100 cm³/mol. The molecule has 0 saturated carbocycles. The molecule has 0 atom stereocenters. The molecule has 0 amide bonds. The summed E-state index contributed by atoms with van der Waals surface area (Å²) in [6.45, 7) is 8.13. The summed E-state index contributed by atoms with van der Waals surface area (Å²) < 4.78 is 32.9. The first-order valence-corrected chi connectivity index (χ1v) is 8.94. The second-order valence-corrected chi connectivity index (χ2v) is 7.81. The molecular weight excluding hydrogens is 332 g/mol. The van der Waals surface area contributed by atoms with Gasteiger partial charge >= 0.3 is 7.12 Å². The van der Waals surface area contributed by atoms with Crippen LogP contribution in [0.15, 0.2) is 42.3 Å². The number of nitrogens with one attached hydrogen (secondary N) is 1. The predicted octanol–water partition coefficient (Wildman–Crippen LogP) is 4.78. The highest BCUT2D eigenvalue weighted by Crippen LogP contribution is 2.43.